The average molecular weight is 330 g/mol. The highest BCUT2D eigenvalue weighted by Gasteiger charge is 2.25. The molecule has 5 nitrogen and oxygen atoms in total. The Labute approximate surface area is 131 Å². The minimum atomic E-state index is -3.81. The zero-order valence-electron chi connectivity index (χ0n) is 13.4. The standard InChI is InChI=1S/C15H23FN2O3S/c1-5-18(10-14(19)17-11-15(2,3)4)22(20,21)13-8-6-12(16)7-9-13/h6-9H,5,10-11H2,1-4H3,(H,17,19). The maximum Gasteiger partial charge on any atom is 0.243 e. The second-order valence-corrected chi connectivity index (χ2v) is 8.16. The van der Waals surface area contributed by atoms with E-state index in [4.69, 9.17) is 0 Å². The lowest BCUT2D eigenvalue weighted by Gasteiger charge is -2.22. The molecule has 0 aliphatic rings. The Morgan fingerprint density at radius 3 is 2.23 bits per heavy atom. The minimum Gasteiger partial charge on any atom is -0.354 e. The summed E-state index contributed by atoms with van der Waals surface area (Å²) < 4.78 is 38.8. The van der Waals surface area contributed by atoms with Crippen LogP contribution in [0.2, 0.25) is 0 Å². The number of carbonyl (C=O) groups excluding carboxylic acids is 1. The third kappa shape index (κ3) is 5.38. The lowest BCUT2D eigenvalue weighted by molar-refractivity contribution is -0.121. The fourth-order valence-corrected chi connectivity index (χ4v) is 3.11. The highest BCUT2D eigenvalue weighted by molar-refractivity contribution is 7.89. The highest BCUT2D eigenvalue weighted by atomic mass is 32.2. The van der Waals surface area contributed by atoms with Crippen molar-refractivity contribution >= 4 is 15.9 Å². The SMILES string of the molecule is CCN(CC(=O)NCC(C)(C)C)S(=O)(=O)c1ccc(F)cc1. The number of nitrogens with zero attached hydrogens (tertiary/aromatic N) is 1. The average Bonchev–Trinajstić information content (AvgIpc) is 2.42. The van der Waals surface area contributed by atoms with Crippen molar-refractivity contribution in [2.24, 2.45) is 5.41 Å². The van der Waals surface area contributed by atoms with Crippen molar-refractivity contribution in [3.8, 4) is 0 Å². The van der Waals surface area contributed by atoms with Gasteiger partial charge >= 0.3 is 0 Å². The number of halogens is 1. The van der Waals surface area contributed by atoms with E-state index in [-0.39, 0.29) is 29.3 Å². The molecule has 1 N–H and O–H groups in total. The highest BCUT2D eigenvalue weighted by Crippen LogP contribution is 2.16. The van der Waals surface area contributed by atoms with Gasteiger partial charge in [-0.25, -0.2) is 12.8 Å². The summed E-state index contributed by atoms with van der Waals surface area (Å²) in [4.78, 5) is 11.9. The van der Waals surface area contributed by atoms with E-state index in [0.29, 0.717) is 6.54 Å². The Morgan fingerprint density at radius 2 is 1.77 bits per heavy atom. The molecule has 0 atom stereocenters. The summed E-state index contributed by atoms with van der Waals surface area (Å²) in [5.74, 6) is -0.868. The molecule has 1 rings (SSSR count). The minimum absolute atomic E-state index is 0.0284. The third-order valence-electron chi connectivity index (χ3n) is 2.94. The molecule has 7 heteroatoms. The fraction of sp³-hybridized carbons (Fsp3) is 0.533. The molecule has 0 spiro atoms. The molecule has 0 aromatic heterocycles. The van der Waals surface area contributed by atoms with Gasteiger partial charge in [0.25, 0.3) is 0 Å². The smallest absolute Gasteiger partial charge is 0.243 e. The van der Waals surface area contributed by atoms with Gasteiger partial charge < -0.3 is 5.32 Å². The van der Waals surface area contributed by atoms with Gasteiger partial charge in [-0.1, -0.05) is 27.7 Å². The second kappa shape index (κ2) is 7.19. The topological polar surface area (TPSA) is 66.5 Å². The van der Waals surface area contributed by atoms with Crippen molar-refractivity contribution in [3.63, 3.8) is 0 Å². The third-order valence-corrected chi connectivity index (χ3v) is 4.87. The van der Waals surface area contributed by atoms with Crippen LogP contribution in [0, 0.1) is 11.2 Å². The van der Waals surface area contributed by atoms with Crippen LogP contribution in [0.15, 0.2) is 29.2 Å². The largest absolute Gasteiger partial charge is 0.354 e. The predicted molar refractivity (Wildman–Crippen MR) is 83.3 cm³/mol. The molecule has 1 aromatic rings. The van der Waals surface area contributed by atoms with Crippen LogP contribution in [0.3, 0.4) is 0 Å². The summed E-state index contributed by atoms with van der Waals surface area (Å²) >= 11 is 0. The maximum absolute atomic E-state index is 12.9. The Morgan fingerprint density at radius 1 is 1.23 bits per heavy atom. The van der Waals surface area contributed by atoms with E-state index in [2.05, 4.69) is 5.32 Å². The summed E-state index contributed by atoms with van der Waals surface area (Å²) in [5, 5.41) is 2.72. The molecule has 0 aliphatic heterocycles. The van der Waals surface area contributed by atoms with E-state index < -0.39 is 15.8 Å². The summed E-state index contributed by atoms with van der Waals surface area (Å²) in [5.41, 5.74) is -0.0808. The first kappa shape index (κ1) is 18.6. The van der Waals surface area contributed by atoms with Crippen LogP contribution in [-0.2, 0) is 14.8 Å². The number of benzene rings is 1. The fourth-order valence-electron chi connectivity index (χ4n) is 1.70. The van der Waals surface area contributed by atoms with Crippen molar-refractivity contribution in [2.75, 3.05) is 19.6 Å². The Bertz CT molecular complexity index is 607. The molecule has 0 bridgehead atoms. The molecule has 1 aromatic carbocycles. The number of nitrogens with one attached hydrogen (secondary N) is 1. The zero-order chi connectivity index (χ0) is 17.0. The lowest BCUT2D eigenvalue weighted by Crippen LogP contribution is -2.42. The van der Waals surface area contributed by atoms with Gasteiger partial charge in [0.1, 0.15) is 5.82 Å². The van der Waals surface area contributed by atoms with E-state index in [1.807, 2.05) is 20.8 Å². The first-order valence-corrected chi connectivity index (χ1v) is 8.52. The van der Waals surface area contributed by atoms with Crippen molar-refractivity contribution in [3.05, 3.63) is 30.1 Å². The Balaban J connectivity index is 2.82. The van der Waals surface area contributed by atoms with Crippen LogP contribution in [-0.4, -0.2) is 38.3 Å². The number of hydrogen-bond acceptors (Lipinski definition) is 3. The quantitative estimate of drug-likeness (QED) is 0.867. The van der Waals surface area contributed by atoms with Gasteiger partial charge in [0.05, 0.1) is 11.4 Å². The zero-order valence-corrected chi connectivity index (χ0v) is 14.2. The van der Waals surface area contributed by atoms with Crippen LogP contribution in [0.5, 0.6) is 0 Å². The molecular weight excluding hydrogens is 307 g/mol. The number of likely N-dealkylation sites (N-methyl/N-ethyl adjacent to an activating group) is 1. The summed E-state index contributed by atoms with van der Waals surface area (Å²) in [7, 11) is -3.81. The van der Waals surface area contributed by atoms with Crippen LogP contribution in [0.1, 0.15) is 27.7 Å². The molecule has 0 saturated heterocycles. The van der Waals surface area contributed by atoms with Gasteiger partial charge in [0.2, 0.25) is 15.9 Å². The van der Waals surface area contributed by atoms with Crippen molar-refractivity contribution in [1.82, 2.24) is 9.62 Å². The first-order valence-electron chi connectivity index (χ1n) is 7.08. The Hall–Kier alpha value is -1.47. The normalized spacial score (nSPS) is 12.5. The van der Waals surface area contributed by atoms with Crippen molar-refractivity contribution in [1.29, 1.82) is 0 Å². The second-order valence-electron chi connectivity index (χ2n) is 6.22. The molecule has 1 amide bonds. The Kier molecular flexibility index (Phi) is 6.08. The van der Waals surface area contributed by atoms with Gasteiger partial charge in [-0.05, 0) is 29.7 Å². The van der Waals surface area contributed by atoms with Gasteiger partial charge in [-0.2, -0.15) is 4.31 Å². The van der Waals surface area contributed by atoms with E-state index in [0.717, 1.165) is 16.4 Å². The number of rotatable bonds is 6. The summed E-state index contributed by atoms with van der Waals surface area (Å²) in [6.45, 7) is 7.92. The number of sulfonamides is 1. The molecule has 0 heterocycles. The molecule has 0 radical (unpaired) electrons. The molecule has 0 saturated carbocycles. The van der Waals surface area contributed by atoms with Crippen LogP contribution in [0.25, 0.3) is 0 Å². The number of amides is 1. The van der Waals surface area contributed by atoms with Gasteiger partial charge in [-0.15, -0.1) is 0 Å². The van der Waals surface area contributed by atoms with E-state index >= 15 is 0 Å². The van der Waals surface area contributed by atoms with Crippen LogP contribution in [0.4, 0.5) is 4.39 Å². The van der Waals surface area contributed by atoms with Gasteiger partial charge in [0.15, 0.2) is 0 Å². The summed E-state index contributed by atoms with van der Waals surface area (Å²) in [6, 6.07) is 4.56. The summed E-state index contributed by atoms with van der Waals surface area (Å²) in [6.07, 6.45) is 0. The predicted octanol–water partition coefficient (Wildman–Crippen LogP) is 2.00. The van der Waals surface area contributed by atoms with Crippen LogP contribution < -0.4 is 5.32 Å². The van der Waals surface area contributed by atoms with E-state index in [9.17, 15) is 17.6 Å². The van der Waals surface area contributed by atoms with Crippen molar-refractivity contribution in [2.45, 2.75) is 32.6 Å². The number of carbonyl (C=O) groups is 1. The van der Waals surface area contributed by atoms with Gasteiger partial charge in [0, 0.05) is 13.1 Å². The first-order chi connectivity index (χ1) is 10.1. The molecule has 0 unspecified atom stereocenters. The molecule has 22 heavy (non-hydrogen) atoms. The lowest BCUT2D eigenvalue weighted by atomic mass is 9.97. The monoisotopic (exact) mass is 330 g/mol. The van der Waals surface area contributed by atoms with Gasteiger partial charge in [-0.3, -0.25) is 4.79 Å². The van der Waals surface area contributed by atoms with Crippen LogP contribution >= 0.6 is 0 Å². The molecule has 124 valence electrons. The van der Waals surface area contributed by atoms with Crippen molar-refractivity contribution < 1.29 is 17.6 Å². The molecule has 0 aliphatic carbocycles. The van der Waals surface area contributed by atoms with E-state index in [1.54, 1.807) is 6.92 Å². The number of hydrogen-bond donors (Lipinski definition) is 1. The molecular formula is C15H23FN2O3S. The van der Waals surface area contributed by atoms with E-state index in [1.165, 1.54) is 12.1 Å². The maximum atomic E-state index is 12.9. The molecule has 0 fully saturated rings.